The monoisotopic (exact) mass is 493 g/mol. The lowest BCUT2D eigenvalue weighted by Crippen LogP contribution is -2.45. The summed E-state index contributed by atoms with van der Waals surface area (Å²) in [6.07, 6.45) is 0. The van der Waals surface area contributed by atoms with Crippen molar-refractivity contribution in [1.29, 1.82) is 0 Å². The zero-order chi connectivity index (χ0) is 24.1. The highest BCUT2D eigenvalue weighted by atomic mass is 35.5. The van der Waals surface area contributed by atoms with Gasteiger partial charge in [0.1, 0.15) is 6.61 Å². The molecule has 0 saturated heterocycles. The van der Waals surface area contributed by atoms with Crippen molar-refractivity contribution in [1.82, 2.24) is 10.6 Å². The summed E-state index contributed by atoms with van der Waals surface area (Å²) in [6.45, 7) is 2.24. The number of allylic oxidation sites excluding steroid dienone is 1. The lowest BCUT2D eigenvalue weighted by atomic mass is 9.94. The molecule has 0 radical (unpaired) electrons. The first-order chi connectivity index (χ1) is 16.4. The maximum Gasteiger partial charge on any atom is 0.255 e. The molecule has 0 aliphatic carbocycles. The highest BCUT2D eigenvalue weighted by molar-refractivity contribution is 7.80. The molecule has 1 amide bonds. The second kappa shape index (κ2) is 10.6. The third kappa shape index (κ3) is 5.50. The van der Waals surface area contributed by atoms with Crippen molar-refractivity contribution in [3.8, 4) is 11.5 Å². The summed E-state index contributed by atoms with van der Waals surface area (Å²) in [5, 5.41) is 10.1. The number of hydrogen-bond donors (Lipinski definition) is 3. The summed E-state index contributed by atoms with van der Waals surface area (Å²) >= 11 is 11.4. The Morgan fingerprint density at radius 3 is 2.59 bits per heavy atom. The van der Waals surface area contributed by atoms with E-state index in [-0.39, 0.29) is 5.91 Å². The van der Waals surface area contributed by atoms with Crippen LogP contribution >= 0.6 is 23.8 Å². The molecule has 4 rings (SSSR count). The lowest BCUT2D eigenvalue weighted by Gasteiger charge is -2.30. The average molecular weight is 494 g/mol. The van der Waals surface area contributed by atoms with E-state index >= 15 is 0 Å². The third-order valence-corrected chi connectivity index (χ3v) is 5.81. The summed E-state index contributed by atoms with van der Waals surface area (Å²) in [5.41, 5.74) is 3.64. The second-order valence-corrected chi connectivity index (χ2v) is 8.56. The molecule has 8 heteroatoms. The van der Waals surface area contributed by atoms with Crippen LogP contribution in [0.2, 0.25) is 5.02 Å². The van der Waals surface area contributed by atoms with Gasteiger partial charge in [-0.2, -0.15) is 0 Å². The molecule has 1 atom stereocenters. The second-order valence-electron chi connectivity index (χ2n) is 7.72. The van der Waals surface area contributed by atoms with Crippen LogP contribution in [0, 0.1) is 0 Å². The number of methoxy groups -OCH3 is 1. The Morgan fingerprint density at radius 1 is 1.06 bits per heavy atom. The molecule has 1 heterocycles. The first-order valence-corrected chi connectivity index (χ1v) is 11.4. The maximum absolute atomic E-state index is 13.3. The van der Waals surface area contributed by atoms with Gasteiger partial charge in [-0.3, -0.25) is 4.79 Å². The Labute approximate surface area is 208 Å². The smallest absolute Gasteiger partial charge is 0.255 e. The molecule has 3 aromatic carbocycles. The van der Waals surface area contributed by atoms with Crippen molar-refractivity contribution < 1.29 is 14.3 Å². The standard InChI is InChI=1S/C26H24ClN3O3S/c1-16-23(25(31)29-20-10-6-9-19(27)14-20)24(30-26(34)28-16)18-11-12-21(22(13-18)32-2)33-15-17-7-4-3-5-8-17/h3-14,24H,15H2,1-2H3,(H,29,31)(H2,28,30,34)/t24-/m0/s1. The number of carbonyl (C=O) groups is 1. The number of anilines is 1. The van der Waals surface area contributed by atoms with Crippen LogP contribution in [0.5, 0.6) is 11.5 Å². The van der Waals surface area contributed by atoms with Crippen LogP contribution in [-0.4, -0.2) is 18.1 Å². The fourth-order valence-corrected chi connectivity index (χ4v) is 4.19. The topological polar surface area (TPSA) is 71.6 Å². The third-order valence-electron chi connectivity index (χ3n) is 5.35. The average Bonchev–Trinajstić information content (AvgIpc) is 2.82. The number of rotatable bonds is 7. The molecule has 0 saturated carbocycles. The summed E-state index contributed by atoms with van der Waals surface area (Å²) in [7, 11) is 1.59. The Morgan fingerprint density at radius 2 is 1.85 bits per heavy atom. The molecule has 174 valence electrons. The zero-order valence-corrected chi connectivity index (χ0v) is 20.3. The van der Waals surface area contributed by atoms with Crippen molar-refractivity contribution in [2.24, 2.45) is 0 Å². The number of amides is 1. The van der Waals surface area contributed by atoms with Crippen LogP contribution in [0.15, 0.2) is 84.1 Å². The largest absolute Gasteiger partial charge is 0.493 e. The molecule has 0 spiro atoms. The molecule has 3 N–H and O–H groups in total. The van der Waals surface area contributed by atoms with Gasteiger partial charge in [0, 0.05) is 16.4 Å². The van der Waals surface area contributed by atoms with E-state index in [0.717, 1.165) is 11.1 Å². The fourth-order valence-electron chi connectivity index (χ4n) is 3.73. The van der Waals surface area contributed by atoms with E-state index in [1.165, 1.54) is 0 Å². The van der Waals surface area contributed by atoms with Crippen molar-refractivity contribution in [2.75, 3.05) is 12.4 Å². The molecule has 0 unspecified atom stereocenters. The van der Waals surface area contributed by atoms with Gasteiger partial charge in [-0.05, 0) is 60.6 Å². The van der Waals surface area contributed by atoms with Gasteiger partial charge in [-0.25, -0.2) is 0 Å². The Bertz CT molecular complexity index is 1250. The Balaban J connectivity index is 1.60. The summed E-state index contributed by atoms with van der Waals surface area (Å²) in [5.74, 6) is 0.903. The highest BCUT2D eigenvalue weighted by Crippen LogP contribution is 2.35. The molecular formula is C26H24ClN3O3S. The van der Waals surface area contributed by atoms with Gasteiger partial charge < -0.3 is 25.4 Å². The molecule has 0 bridgehead atoms. The number of hydrogen-bond acceptors (Lipinski definition) is 4. The van der Waals surface area contributed by atoms with Crippen molar-refractivity contribution >= 4 is 40.5 Å². The predicted octanol–water partition coefficient (Wildman–Crippen LogP) is 5.36. The van der Waals surface area contributed by atoms with E-state index in [2.05, 4.69) is 16.0 Å². The molecule has 1 aliphatic heterocycles. The molecule has 0 fully saturated rings. The van der Waals surface area contributed by atoms with E-state index in [1.54, 1.807) is 31.4 Å². The molecule has 6 nitrogen and oxygen atoms in total. The Hall–Kier alpha value is -3.55. The summed E-state index contributed by atoms with van der Waals surface area (Å²) in [6, 6.07) is 22.0. The van der Waals surface area contributed by atoms with Gasteiger partial charge >= 0.3 is 0 Å². The number of thiocarbonyl (C=S) groups is 1. The van der Waals surface area contributed by atoms with Gasteiger partial charge in [0.25, 0.3) is 5.91 Å². The highest BCUT2D eigenvalue weighted by Gasteiger charge is 2.30. The molecule has 34 heavy (non-hydrogen) atoms. The van der Waals surface area contributed by atoms with Crippen molar-refractivity contribution in [3.05, 3.63) is 100 Å². The van der Waals surface area contributed by atoms with Crippen LogP contribution in [0.4, 0.5) is 5.69 Å². The number of ether oxygens (including phenoxy) is 2. The SMILES string of the molecule is COc1cc([C@@H]2NC(=S)NC(C)=C2C(=O)Nc2cccc(Cl)c2)ccc1OCc1ccccc1. The van der Waals surface area contributed by atoms with Gasteiger partial charge in [0.15, 0.2) is 16.6 Å². The van der Waals surface area contributed by atoms with Gasteiger partial charge in [-0.15, -0.1) is 0 Å². The minimum absolute atomic E-state index is 0.268. The molecular weight excluding hydrogens is 470 g/mol. The first kappa shape index (κ1) is 23.6. The molecule has 3 aromatic rings. The molecule has 0 aromatic heterocycles. The predicted molar refractivity (Wildman–Crippen MR) is 138 cm³/mol. The number of benzene rings is 3. The van der Waals surface area contributed by atoms with Gasteiger partial charge in [0.2, 0.25) is 0 Å². The molecule has 1 aliphatic rings. The summed E-state index contributed by atoms with van der Waals surface area (Å²) in [4.78, 5) is 13.3. The van der Waals surface area contributed by atoms with E-state index < -0.39 is 6.04 Å². The minimum Gasteiger partial charge on any atom is -0.493 e. The fraction of sp³-hybridized carbons (Fsp3) is 0.154. The van der Waals surface area contributed by atoms with Crippen LogP contribution < -0.4 is 25.4 Å². The van der Waals surface area contributed by atoms with Crippen LogP contribution in [-0.2, 0) is 11.4 Å². The van der Waals surface area contributed by atoms with Crippen molar-refractivity contribution in [2.45, 2.75) is 19.6 Å². The number of nitrogens with one attached hydrogen (secondary N) is 3. The number of carbonyl (C=O) groups excluding carboxylic acids is 1. The van der Waals surface area contributed by atoms with E-state index in [9.17, 15) is 4.79 Å². The lowest BCUT2D eigenvalue weighted by molar-refractivity contribution is -0.113. The van der Waals surface area contributed by atoms with Gasteiger partial charge in [0.05, 0.1) is 18.7 Å². The maximum atomic E-state index is 13.3. The van der Waals surface area contributed by atoms with Gasteiger partial charge in [-0.1, -0.05) is 54.1 Å². The minimum atomic E-state index is -0.481. The first-order valence-electron chi connectivity index (χ1n) is 10.6. The summed E-state index contributed by atoms with van der Waals surface area (Å²) < 4.78 is 11.6. The van der Waals surface area contributed by atoms with Crippen LogP contribution in [0.1, 0.15) is 24.1 Å². The van der Waals surface area contributed by atoms with Crippen LogP contribution in [0.25, 0.3) is 0 Å². The Kier molecular flexibility index (Phi) is 7.35. The number of halogens is 1. The normalized spacial score (nSPS) is 15.3. The van der Waals surface area contributed by atoms with E-state index in [0.29, 0.717) is 45.2 Å². The van der Waals surface area contributed by atoms with Crippen molar-refractivity contribution in [3.63, 3.8) is 0 Å². The quantitative estimate of drug-likeness (QED) is 0.385. The van der Waals surface area contributed by atoms with E-state index in [1.807, 2.05) is 55.5 Å². The van der Waals surface area contributed by atoms with Crippen LogP contribution in [0.3, 0.4) is 0 Å². The van der Waals surface area contributed by atoms with E-state index in [4.69, 9.17) is 33.3 Å². The zero-order valence-electron chi connectivity index (χ0n) is 18.7.